The molecule has 0 N–H and O–H groups in total. The Hall–Kier alpha value is -6.19. The first-order valence-corrected chi connectivity index (χ1v) is 18.4. The van der Waals surface area contributed by atoms with Crippen LogP contribution < -0.4 is 0 Å². The van der Waals surface area contributed by atoms with E-state index in [2.05, 4.69) is 84.0 Å². The first-order chi connectivity index (χ1) is 25.7. The van der Waals surface area contributed by atoms with Crippen LogP contribution in [0.5, 0.6) is 0 Å². The molecular formula is C46H29N5O. The molecule has 2 spiro atoms. The maximum atomic E-state index is 10.8. The molecule has 4 fully saturated rings. The molecule has 0 aliphatic heterocycles. The van der Waals surface area contributed by atoms with Crippen molar-refractivity contribution in [3.8, 4) is 51.4 Å². The van der Waals surface area contributed by atoms with Gasteiger partial charge in [-0.1, -0.05) is 66.7 Å². The highest BCUT2D eigenvalue weighted by Crippen LogP contribution is 2.94. The molecule has 4 unspecified atom stereocenters. The second-order valence-corrected chi connectivity index (χ2v) is 15.7. The van der Waals surface area contributed by atoms with Gasteiger partial charge in [0.2, 0.25) is 0 Å². The third-order valence-electron chi connectivity index (χ3n) is 14.1. The van der Waals surface area contributed by atoms with Crippen molar-refractivity contribution in [2.75, 3.05) is 0 Å². The van der Waals surface area contributed by atoms with Crippen LogP contribution in [0.3, 0.4) is 0 Å². The fraction of sp³-hybridized carbons (Fsp3) is 0.196. The van der Waals surface area contributed by atoms with Gasteiger partial charge in [0.1, 0.15) is 11.2 Å². The minimum atomic E-state index is -0.0910. The van der Waals surface area contributed by atoms with Gasteiger partial charge in [0.25, 0.3) is 0 Å². The van der Waals surface area contributed by atoms with Crippen LogP contribution in [0.4, 0.5) is 0 Å². The minimum Gasteiger partial charge on any atom is -0.456 e. The monoisotopic (exact) mass is 667 g/mol. The molecule has 0 bridgehead atoms. The number of hydrogen-bond acceptors (Lipinski definition) is 6. The molecule has 6 nitrogen and oxygen atoms in total. The summed E-state index contributed by atoms with van der Waals surface area (Å²) < 4.78 is 6.29. The van der Waals surface area contributed by atoms with Crippen LogP contribution in [-0.4, -0.2) is 19.9 Å². The molecule has 5 aromatic carbocycles. The van der Waals surface area contributed by atoms with Gasteiger partial charge in [0.15, 0.2) is 17.5 Å². The Balaban J connectivity index is 1.07. The van der Waals surface area contributed by atoms with Gasteiger partial charge in [0.05, 0.1) is 11.6 Å². The van der Waals surface area contributed by atoms with E-state index in [4.69, 9.17) is 19.4 Å². The zero-order valence-corrected chi connectivity index (χ0v) is 28.0. The third kappa shape index (κ3) is 2.99. The van der Waals surface area contributed by atoms with Crippen molar-refractivity contribution in [1.29, 1.82) is 5.26 Å². The quantitative estimate of drug-likeness (QED) is 0.186. The fourth-order valence-electron chi connectivity index (χ4n) is 12.2. The second-order valence-electron chi connectivity index (χ2n) is 15.7. The van der Waals surface area contributed by atoms with Crippen LogP contribution in [0.15, 0.2) is 120 Å². The van der Waals surface area contributed by atoms with E-state index in [1.54, 1.807) is 0 Å². The summed E-state index contributed by atoms with van der Waals surface area (Å²) in [6.45, 7) is 0. The van der Waals surface area contributed by atoms with Crippen molar-refractivity contribution in [2.45, 2.75) is 24.7 Å². The summed E-state index contributed by atoms with van der Waals surface area (Å²) in [5, 5.41) is 15.1. The molecule has 13 rings (SSSR count). The van der Waals surface area contributed by atoms with Crippen LogP contribution in [0.2, 0.25) is 0 Å². The van der Waals surface area contributed by atoms with Crippen LogP contribution in [-0.2, 0) is 5.41 Å². The Labute approximate surface area is 298 Å². The maximum absolute atomic E-state index is 10.8. The first-order valence-electron chi connectivity index (χ1n) is 18.4. The van der Waals surface area contributed by atoms with Gasteiger partial charge < -0.3 is 4.42 Å². The Bertz CT molecular complexity index is 2950. The smallest absolute Gasteiger partial charge is 0.164 e. The number of furan rings is 1. The molecule has 6 heteroatoms. The molecular weight excluding hydrogens is 639 g/mol. The molecule has 0 amide bonds. The molecule has 5 aliphatic carbocycles. The summed E-state index contributed by atoms with van der Waals surface area (Å²) >= 11 is 0. The first kappa shape index (κ1) is 27.5. The van der Waals surface area contributed by atoms with Gasteiger partial charge in [-0.15, -0.1) is 0 Å². The van der Waals surface area contributed by atoms with E-state index in [0.29, 0.717) is 40.3 Å². The highest BCUT2D eigenvalue weighted by atomic mass is 16.3. The molecule has 4 atom stereocenters. The molecule has 3 aromatic heterocycles. The highest BCUT2D eigenvalue weighted by molar-refractivity contribution is 6.11. The van der Waals surface area contributed by atoms with Gasteiger partial charge >= 0.3 is 0 Å². The molecule has 4 saturated carbocycles. The lowest BCUT2D eigenvalue weighted by Crippen LogP contribution is -2.88. The molecule has 8 aromatic rings. The molecule has 3 heterocycles. The van der Waals surface area contributed by atoms with E-state index in [-0.39, 0.29) is 5.41 Å². The van der Waals surface area contributed by atoms with Crippen molar-refractivity contribution in [3.63, 3.8) is 0 Å². The molecule has 244 valence electrons. The van der Waals surface area contributed by atoms with Crippen LogP contribution in [0, 0.1) is 40.4 Å². The van der Waals surface area contributed by atoms with Crippen LogP contribution >= 0.6 is 0 Å². The number of aromatic nitrogens is 4. The normalized spacial score (nSPS) is 26.8. The number of benzene rings is 5. The summed E-state index contributed by atoms with van der Waals surface area (Å²) in [6.07, 6.45) is 7.95. The Kier molecular flexibility index (Phi) is 4.86. The SMILES string of the molecule is N#Cc1cc(-c2nc(-c3ccc4ccccc4c3)nc(-c3cccc4oc5ccccc5c34)n2)cc2c1-c1ccncc1C21C2CC3CC4CC1C342. The van der Waals surface area contributed by atoms with Crippen molar-refractivity contribution >= 4 is 32.7 Å². The summed E-state index contributed by atoms with van der Waals surface area (Å²) in [4.78, 5) is 20.4. The number of fused-ring (bicyclic) bond motifs is 11. The molecule has 52 heavy (non-hydrogen) atoms. The van der Waals surface area contributed by atoms with Gasteiger partial charge in [-0.25, -0.2) is 15.0 Å². The van der Waals surface area contributed by atoms with Crippen LogP contribution in [0.1, 0.15) is 36.0 Å². The number of rotatable bonds is 3. The second kappa shape index (κ2) is 9.18. The van der Waals surface area contributed by atoms with E-state index in [1.807, 2.05) is 42.6 Å². The maximum Gasteiger partial charge on any atom is 0.164 e. The molecule has 0 saturated heterocycles. The summed E-state index contributed by atoms with van der Waals surface area (Å²) in [6, 6.07) is 38.0. The van der Waals surface area contributed by atoms with E-state index in [9.17, 15) is 5.26 Å². The van der Waals surface area contributed by atoms with Crippen molar-refractivity contribution in [1.82, 2.24) is 19.9 Å². The zero-order valence-electron chi connectivity index (χ0n) is 28.0. The number of nitrogens with zero attached hydrogens (tertiary/aromatic N) is 5. The van der Waals surface area contributed by atoms with Gasteiger partial charge in [-0.05, 0) is 112 Å². The largest absolute Gasteiger partial charge is 0.456 e. The third-order valence-corrected chi connectivity index (χ3v) is 14.1. The zero-order chi connectivity index (χ0) is 33.9. The Morgan fingerprint density at radius 1 is 0.654 bits per heavy atom. The molecule has 5 aliphatic rings. The predicted octanol–water partition coefficient (Wildman–Crippen LogP) is 10.1. The lowest BCUT2D eigenvalue weighted by atomic mass is 9.11. The van der Waals surface area contributed by atoms with Gasteiger partial charge in [-0.2, -0.15) is 5.26 Å². The summed E-state index contributed by atoms with van der Waals surface area (Å²) in [5.74, 6) is 4.73. The average molecular weight is 668 g/mol. The van der Waals surface area contributed by atoms with Crippen molar-refractivity contribution in [3.05, 3.63) is 132 Å². The summed E-state index contributed by atoms with van der Waals surface area (Å²) in [5.41, 5.74) is 10.3. The standard InChI is InChI=1S/C46H29N5O/c47-22-28-17-27(18-34-40(28)31-14-15-48-23-35(31)46(34)38-20-29-19-30-21-39(46)45(29,30)38)43-49-42(26-13-12-24-6-1-2-7-25(24)16-26)50-44(51-43)33-9-5-11-37-41(33)32-8-3-4-10-36(32)52-37/h1-18,23,29-30,38-39H,19-21H2. The van der Waals surface area contributed by atoms with E-state index in [0.717, 1.165) is 66.8 Å². The van der Waals surface area contributed by atoms with E-state index < -0.39 is 0 Å². The van der Waals surface area contributed by atoms with Gasteiger partial charge in [-0.3, -0.25) is 4.98 Å². The fourth-order valence-corrected chi connectivity index (χ4v) is 12.2. The summed E-state index contributed by atoms with van der Waals surface area (Å²) in [7, 11) is 0. The van der Waals surface area contributed by atoms with Crippen LogP contribution in [0.25, 0.3) is 78.0 Å². The van der Waals surface area contributed by atoms with E-state index >= 15 is 0 Å². The number of para-hydroxylation sites is 1. The lowest BCUT2D eigenvalue weighted by Gasteiger charge is -2.92. The van der Waals surface area contributed by atoms with E-state index in [1.165, 1.54) is 36.0 Å². The average Bonchev–Trinajstić information content (AvgIpc) is 3.70. The van der Waals surface area contributed by atoms with Gasteiger partial charge in [0, 0.05) is 50.8 Å². The van der Waals surface area contributed by atoms with Crippen molar-refractivity contribution < 1.29 is 4.42 Å². The lowest BCUT2D eigenvalue weighted by molar-refractivity contribution is -0.412. The Morgan fingerprint density at radius 3 is 2.27 bits per heavy atom. The minimum absolute atomic E-state index is 0.0910. The number of pyridine rings is 1. The number of nitriles is 1. The van der Waals surface area contributed by atoms with Crippen molar-refractivity contribution in [2.24, 2.45) is 29.1 Å². The Morgan fingerprint density at radius 2 is 1.42 bits per heavy atom. The highest BCUT2D eigenvalue weighted by Gasteiger charge is 2.90. The topological polar surface area (TPSA) is 88.5 Å². The predicted molar refractivity (Wildman–Crippen MR) is 200 cm³/mol. The molecule has 0 radical (unpaired) electrons. The number of hydrogen-bond donors (Lipinski definition) is 0.